The van der Waals surface area contributed by atoms with Crippen molar-refractivity contribution in [2.45, 2.75) is 13.0 Å². The minimum atomic E-state index is -0.977. The molecule has 0 aliphatic heterocycles. The molecule has 0 bridgehead atoms. The van der Waals surface area contributed by atoms with Crippen LogP contribution in [-0.2, 0) is 4.74 Å². The number of nitro groups is 1. The molecular weight excluding hydrogens is 374 g/mol. The standard InChI is InChI=1S/C14H10BrNO5S/c1-8(13(17)9-2-4-10(15)5-3-9)21-14(18)11-6-7-12(22-11)16(19)20/h2-8H,1H3/t8-/m1/s1. The molecule has 0 saturated carbocycles. The molecule has 0 radical (unpaired) electrons. The van der Waals surface area contributed by atoms with Crippen molar-refractivity contribution in [3.63, 3.8) is 0 Å². The fourth-order valence-electron chi connectivity index (χ4n) is 1.66. The second-order valence-electron chi connectivity index (χ2n) is 4.31. The maximum absolute atomic E-state index is 12.1. The third-order valence-corrected chi connectivity index (χ3v) is 4.30. The van der Waals surface area contributed by atoms with Crippen molar-refractivity contribution >= 4 is 44.0 Å². The number of thiophene rings is 1. The number of nitrogens with zero attached hydrogens (tertiary/aromatic N) is 1. The van der Waals surface area contributed by atoms with Gasteiger partial charge in [-0.2, -0.15) is 0 Å². The molecule has 8 heteroatoms. The molecule has 2 rings (SSSR count). The van der Waals surface area contributed by atoms with Crippen molar-refractivity contribution in [2.75, 3.05) is 0 Å². The Morgan fingerprint density at radius 1 is 1.23 bits per heavy atom. The van der Waals surface area contributed by atoms with Gasteiger partial charge in [0.1, 0.15) is 4.88 Å². The minimum Gasteiger partial charge on any atom is -0.450 e. The third kappa shape index (κ3) is 3.77. The molecular formula is C14H10BrNO5S. The van der Waals surface area contributed by atoms with E-state index in [0.29, 0.717) is 16.9 Å². The Labute approximate surface area is 138 Å². The predicted octanol–water partition coefficient (Wildman–Crippen LogP) is 3.85. The number of ketones is 1. The monoisotopic (exact) mass is 383 g/mol. The van der Waals surface area contributed by atoms with E-state index in [4.69, 9.17) is 4.74 Å². The largest absolute Gasteiger partial charge is 0.450 e. The summed E-state index contributed by atoms with van der Waals surface area (Å²) in [6.45, 7) is 1.46. The Balaban J connectivity index is 2.05. The number of hydrogen-bond donors (Lipinski definition) is 0. The van der Waals surface area contributed by atoms with Crippen molar-refractivity contribution in [3.05, 3.63) is 61.4 Å². The summed E-state index contributed by atoms with van der Waals surface area (Å²) in [5.41, 5.74) is 0.417. The molecule has 1 aromatic carbocycles. The van der Waals surface area contributed by atoms with E-state index in [2.05, 4.69) is 15.9 Å². The zero-order chi connectivity index (χ0) is 16.3. The third-order valence-electron chi connectivity index (χ3n) is 2.75. The lowest BCUT2D eigenvalue weighted by atomic mass is 10.1. The predicted molar refractivity (Wildman–Crippen MR) is 84.3 cm³/mol. The Morgan fingerprint density at radius 3 is 2.41 bits per heavy atom. The highest BCUT2D eigenvalue weighted by Crippen LogP contribution is 2.25. The Hall–Kier alpha value is -2.06. The number of benzene rings is 1. The highest BCUT2D eigenvalue weighted by molar-refractivity contribution is 9.10. The van der Waals surface area contributed by atoms with Crippen molar-refractivity contribution < 1.29 is 19.2 Å². The number of ether oxygens (including phenoxy) is 1. The van der Waals surface area contributed by atoms with Crippen LogP contribution in [0.15, 0.2) is 40.9 Å². The van der Waals surface area contributed by atoms with Gasteiger partial charge in [0.05, 0.1) is 4.92 Å². The van der Waals surface area contributed by atoms with E-state index in [1.54, 1.807) is 24.3 Å². The van der Waals surface area contributed by atoms with E-state index in [1.165, 1.54) is 19.1 Å². The van der Waals surface area contributed by atoms with E-state index < -0.39 is 17.0 Å². The van der Waals surface area contributed by atoms with Crippen LogP contribution in [-0.4, -0.2) is 22.8 Å². The topological polar surface area (TPSA) is 86.5 Å². The lowest BCUT2D eigenvalue weighted by Crippen LogP contribution is -2.24. The molecule has 114 valence electrons. The van der Waals surface area contributed by atoms with Crippen LogP contribution in [0.3, 0.4) is 0 Å². The lowest BCUT2D eigenvalue weighted by Gasteiger charge is -2.11. The van der Waals surface area contributed by atoms with Gasteiger partial charge in [0.25, 0.3) is 0 Å². The first kappa shape index (κ1) is 16.3. The summed E-state index contributed by atoms with van der Waals surface area (Å²) in [5, 5.41) is 10.4. The molecule has 0 fully saturated rings. The zero-order valence-electron chi connectivity index (χ0n) is 11.3. The van der Waals surface area contributed by atoms with Gasteiger partial charge in [-0.25, -0.2) is 4.79 Å². The fourth-order valence-corrected chi connectivity index (χ4v) is 2.62. The van der Waals surface area contributed by atoms with Crippen molar-refractivity contribution in [1.82, 2.24) is 0 Å². The lowest BCUT2D eigenvalue weighted by molar-refractivity contribution is -0.380. The Morgan fingerprint density at radius 2 is 1.86 bits per heavy atom. The summed E-state index contributed by atoms with van der Waals surface area (Å²) in [6, 6.07) is 9.19. The normalized spacial score (nSPS) is 11.7. The van der Waals surface area contributed by atoms with Crippen LogP contribution in [0.5, 0.6) is 0 Å². The summed E-state index contributed by atoms with van der Waals surface area (Å²) in [7, 11) is 0. The minimum absolute atomic E-state index is 0.0853. The molecule has 1 aromatic heterocycles. The molecule has 0 aliphatic rings. The summed E-state index contributed by atoms with van der Waals surface area (Å²) in [4.78, 5) is 34.1. The van der Waals surface area contributed by atoms with Crippen LogP contribution in [0.25, 0.3) is 0 Å². The molecule has 1 heterocycles. The van der Waals surface area contributed by atoms with Gasteiger partial charge in [0.15, 0.2) is 6.10 Å². The number of carbonyl (C=O) groups is 2. The summed E-state index contributed by atoms with van der Waals surface area (Å²) >= 11 is 3.98. The number of Topliss-reactive ketones (excluding diaryl/α,β-unsaturated/α-hetero) is 1. The van der Waals surface area contributed by atoms with Crippen LogP contribution in [0.2, 0.25) is 0 Å². The Kier molecular flexibility index (Phi) is 5.04. The van der Waals surface area contributed by atoms with Crippen molar-refractivity contribution in [1.29, 1.82) is 0 Å². The number of carbonyl (C=O) groups excluding carboxylic acids is 2. The molecule has 0 aliphatic carbocycles. The first-order valence-corrected chi connectivity index (χ1v) is 7.74. The molecule has 1 atom stereocenters. The summed E-state index contributed by atoms with van der Waals surface area (Å²) in [6.07, 6.45) is -0.977. The molecule has 0 amide bonds. The first-order valence-electron chi connectivity index (χ1n) is 6.13. The van der Waals surface area contributed by atoms with Gasteiger partial charge in [0, 0.05) is 16.1 Å². The van der Waals surface area contributed by atoms with E-state index in [0.717, 1.165) is 4.47 Å². The zero-order valence-corrected chi connectivity index (χ0v) is 13.7. The maximum atomic E-state index is 12.1. The van der Waals surface area contributed by atoms with Gasteiger partial charge in [-0.15, -0.1) is 0 Å². The molecule has 2 aromatic rings. The molecule has 6 nitrogen and oxygen atoms in total. The molecule has 0 spiro atoms. The van der Waals surface area contributed by atoms with Crippen LogP contribution < -0.4 is 0 Å². The highest BCUT2D eigenvalue weighted by atomic mass is 79.9. The van der Waals surface area contributed by atoms with Crippen molar-refractivity contribution in [3.8, 4) is 0 Å². The van der Waals surface area contributed by atoms with Gasteiger partial charge in [-0.05, 0) is 25.1 Å². The van der Waals surface area contributed by atoms with Crippen LogP contribution in [0.4, 0.5) is 5.00 Å². The smallest absolute Gasteiger partial charge is 0.349 e. The first-order chi connectivity index (χ1) is 10.4. The van der Waals surface area contributed by atoms with Gasteiger partial charge in [-0.3, -0.25) is 14.9 Å². The molecule has 0 unspecified atom stereocenters. The quantitative estimate of drug-likeness (QED) is 0.338. The average molecular weight is 384 g/mol. The van der Waals surface area contributed by atoms with E-state index in [-0.39, 0.29) is 15.7 Å². The molecule has 0 saturated heterocycles. The number of halogens is 1. The van der Waals surface area contributed by atoms with E-state index in [1.807, 2.05) is 0 Å². The highest BCUT2D eigenvalue weighted by Gasteiger charge is 2.23. The van der Waals surface area contributed by atoms with E-state index >= 15 is 0 Å². The molecule has 0 N–H and O–H groups in total. The van der Waals surface area contributed by atoms with Crippen LogP contribution in [0, 0.1) is 10.1 Å². The summed E-state index contributed by atoms with van der Waals surface area (Å²) < 4.78 is 5.90. The van der Waals surface area contributed by atoms with E-state index in [9.17, 15) is 19.7 Å². The fraction of sp³-hybridized carbons (Fsp3) is 0.143. The van der Waals surface area contributed by atoms with Crippen molar-refractivity contribution in [2.24, 2.45) is 0 Å². The summed E-state index contributed by atoms with van der Waals surface area (Å²) in [5.74, 6) is -1.09. The van der Waals surface area contributed by atoms with Gasteiger partial charge < -0.3 is 4.74 Å². The maximum Gasteiger partial charge on any atom is 0.349 e. The van der Waals surface area contributed by atoms with Gasteiger partial charge in [0.2, 0.25) is 5.78 Å². The number of esters is 1. The SMILES string of the molecule is C[C@@H](OC(=O)c1ccc([N+](=O)[O-])s1)C(=O)c1ccc(Br)cc1. The number of hydrogen-bond acceptors (Lipinski definition) is 6. The Bertz CT molecular complexity index is 725. The van der Waals surface area contributed by atoms with Crippen LogP contribution in [0.1, 0.15) is 27.0 Å². The second kappa shape index (κ2) is 6.80. The average Bonchev–Trinajstić information content (AvgIpc) is 2.97. The van der Waals surface area contributed by atoms with Crippen LogP contribution >= 0.6 is 27.3 Å². The van der Waals surface area contributed by atoms with Gasteiger partial charge >= 0.3 is 11.0 Å². The van der Waals surface area contributed by atoms with Gasteiger partial charge in [-0.1, -0.05) is 39.4 Å². The second-order valence-corrected chi connectivity index (χ2v) is 6.29. The number of rotatable bonds is 5. The molecule has 22 heavy (non-hydrogen) atoms.